The van der Waals surface area contributed by atoms with Crippen LogP contribution in [-0.2, 0) is 6.54 Å². The Morgan fingerprint density at radius 1 is 1.09 bits per heavy atom. The Kier molecular flexibility index (Phi) is 9.47. The number of thioether (sulfide) groups is 1. The van der Waals surface area contributed by atoms with Gasteiger partial charge in [0.2, 0.25) is 5.89 Å². The van der Waals surface area contributed by atoms with Gasteiger partial charge in [-0.15, -0.1) is 35.7 Å². The third-order valence-corrected chi connectivity index (χ3v) is 5.37. The number of benzene rings is 2. The minimum atomic E-state index is 0. The number of hydrogen-bond donors (Lipinski definition) is 2. The van der Waals surface area contributed by atoms with Crippen molar-refractivity contribution < 1.29 is 14.0 Å². The number of anilines is 1. The Labute approximate surface area is 208 Å². The number of aryl methyl sites for hydroxylation is 1. The fourth-order valence-electron chi connectivity index (χ4n) is 2.92. The first kappa shape index (κ1) is 24.2. The molecule has 170 valence electrons. The van der Waals surface area contributed by atoms with E-state index in [1.807, 2.05) is 36.4 Å². The second-order valence-electron chi connectivity index (χ2n) is 6.83. The van der Waals surface area contributed by atoms with E-state index in [0.717, 1.165) is 35.9 Å². The minimum absolute atomic E-state index is 0. The Bertz CT molecular complexity index is 1020. The Morgan fingerprint density at radius 2 is 1.91 bits per heavy atom. The molecule has 3 aromatic rings. The standard InChI is InChI=1S/C22H25N5O3S.HI/c1-16-25-21(30-27-16)15-24-22(23-10-13-31-18-6-3-2-4-7-18)26-17-8-9-19-20(14-17)29-12-5-11-28-19;/h2-4,6-9,14H,5,10-13,15H2,1H3,(H2,23,24,26);1H. The quantitative estimate of drug-likeness (QED) is 0.142. The van der Waals surface area contributed by atoms with Crippen LogP contribution in [0.1, 0.15) is 18.1 Å². The summed E-state index contributed by atoms with van der Waals surface area (Å²) >= 11 is 1.78. The highest BCUT2D eigenvalue weighted by atomic mass is 127. The highest BCUT2D eigenvalue weighted by molar-refractivity contribution is 14.0. The molecule has 0 bridgehead atoms. The molecule has 0 unspecified atom stereocenters. The van der Waals surface area contributed by atoms with E-state index < -0.39 is 0 Å². The molecule has 0 aliphatic carbocycles. The van der Waals surface area contributed by atoms with Crippen LogP contribution in [0.15, 0.2) is 62.9 Å². The molecule has 0 radical (unpaired) electrons. The lowest BCUT2D eigenvalue weighted by Crippen LogP contribution is -2.32. The van der Waals surface area contributed by atoms with Crippen LogP contribution in [0.25, 0.3) is 0 Å². The number of guanidine groups is 1. The minimum Gasteiger partial charge on any atom is -0.490 e. The zero-order valence-electron chi connectivity index (χ0n) is 17.7. The summed E-state index contributed by atoms with van der Waals surface area (Å²) in [5.41, 5.74) is 0.855. The second kappa shape index (κ2) is 12.5. The van der Waals surface area contributed by atoms with Crippen LogP contribution in [0.4, 0.5) is 5.69 Å². The molecule has 0 atom stereocenters. The number of ether oxygens (including phenoxy) is 2. The van der Waals surface area contributed by atoms with Crippen LogP contribution < -0.4 is 20.1 Å². The number of fused-ring (bicyclic) bond motifs is 1. The van der Waals surface area contributed by atoms with Gasteiger partial charge in [-0.2, -0.15) is 4.98 Å². The van der Waals surface area contributed by atoms with Crippen molar-refractivity contribution in [1.82, 2.24) is 15.5 Å². The first-order chi connectivity index (χ1) is 15.3. The van der Waals surface area contributed by atoms with Crippen LogP contribution in [0, 0.1) is 6.92 Å². The lowest BCUT2D eigenvalue weighted by molar-refractivity contribution is 0.297. The van der Waals surface area contributed by atoms with Crippen molar-refractivity contribution >= 4 is 47.4 Å². The topological polar surface area (TPSA) is 93.8 Å². The highest BCUT2D eigenvalue weighted by Gasteiger charge is 2.12. The number of aliphatic imine (C=N–C) groups is 1. The van der Waals surface area contributed by atoms with Crippen molar-refractivity contribution in [3.63, 3.8) is 0 Å². The first-order valence-electron chi connectivity index (χ1n) is 10.2. The van der Waals surface area contributed by atoms with Gasteiger partial charge in [-0.25, -0.2) is 4.99 Å². The van der Waals surface area contributed by atoms with Crippen molar-refractivity contribution in [2.75, 3.05) is 30.8 Å². The van der Waals surface area contributed by atoms with Crippen LogP contribution in [0.3, 0.4) is 0 Å². The van der Waals surface area contributed by atoms with Crippen molar-refractivity contribution in [3.8, 4) is 11.5 Å². The number of rotatable bonds is 7. The van der Waals surface area contributed by atoms with Gasteiger partial charge >= 0.3 is 0 Å². The molecule has 32 heavy (non-hydrogen) atoms. The van der Waals surface area contributed by atoms with Gasteiger partial charge in [-0.1, -0.05) is 23.4 Å². The van der Waals surface area contributed by atoms with Gasteiger partial charge in [-0.05, 0) is 31.2 Å². The molecule has 2 aromatic carbocycles. The van der Waals surface area contributed by atoms with Gasteiger partial charge in [0.1, 0.15) is 6.54 Å². The monoisotopic (exact) mass is 567 g/mol. The zero-order chi connectivity index (χ0) is 21.3. The van der Waals surface area contributed by atoms with E-state index in [4.69, 9.17) is 14.0 Å². The van der Waals surface area contributed by atoms with Gasteiger partial charge in [0.05, 0.1) is 13.2 Å². The summed E-state index contributed by atoms with van der Waals surface area (Å²) in [4.78, 5) is 10.0. The van der Waals surface area contributed by atoms with Crippen molar-refractivity contribution in [2.45, 2.75) is 24.8 Å². The Hall–Kier alpha value is -2.47. The molecule has 2 N–H and O–H groups in total. The first-order valence-corrected chi connectivity index (χ1v) is 11.2. The molecule has 0 amide bonds. The summed E-state index contributed by atoms with van der Waals surface area (Å²) in [6, 6.07) is 16.1. The van der Waals surface area contributed by atoms with Crippen molar-refractivity contribution in [3.05, 3.63) is 60.2 Å². The largest absolute Gasteiger partial charge is 0.490 e. The van der Waals surface area contributed by atoms with E-state index in [9.17, 15) is 0 Å². The average molecular weight is 567 g/mol. The van der Waals surface area contributed by atoms with E-state index in [-0.39, 0.29) is 30.5 Å². The molecule has 0 fully saturated rings. The second-order valence-corrected chi connectivity index (χ2v) is 7.99. The van der Waals surface area contributed by atoms with E-state index >= 15 is 0 Å². The maximum Gasteiger partial charge on any atom is 0.248 e. The number of aromatic nitrogens is 2. The maximum atomic E-state index is 5.79. The van der Waals surface area contributed by atoms with E-state index in [1.54, 1.807) is 18.7 Å². The summed E-state index contributed by atoms with van der Waals surface area (Å²) < 4.78 is 16.7. The lowest BCUT2D eigenvalue weighted by atomic mass is 10.3. The zero-order valence-corrected chi connectivity index (χ0v) is 20.9. The van der Waals surface area contributed by atoms with E-state index in [2.05, 4.69) is 37.9 Å². The number of hydrogen-bond acceptors (Lipinski definition) is 7. The predicted molar refractivity (Wildman–Crippen MR) is 136 cm³/mol. The smallest absolute Gasteiger partial charge is 0.248 e. The normalized spacial score (nSPS) is 13.1. The van der Waals surface area contributed by atoms with Gasteiger partial charge in [0, 0.05) is 35.4 Å². The molecule has 2 heterocycles. The molecule has 10 heteroatoms. The SMILES string of the molecule is Cc1noc(CN=C(NCCSc2ccccc2)Nc2ccc3c(c2)OCCCO3)n1.I. The maximum absolute atomic E-state index is 5.79. The lowest BCUT2D eigenvalue weighted by Gasteiger charge is -2.14. The molecule has 8 nitrogen and oxygen atoms in total. The summed E-state index contributed by atoms with van der Waals surface area (Å²) in [5.74, 6) is 4.07. The number of nitrogens with one attached hydrogen (secondary N) is 2. The van der Waals surface area contributed by atoms with Crippen LogP contribution in [0.2, 0.25) is 0 Å². The molecule has 0 saturated carbocycles. The third kappa shape index (κ3) is 7.30. The molecule has 1 aliphatic rings. The molecule has 1 aromatic heterocycles. The third-order valence-electron chi connectivity index (χ3n) is 4.36. The summed E-state index contributed by atoms with van der Waals surface area (Å²) in [6.45, 7) is 4.11. The van der Waals surface area contributed by atoms with Crippen LogP contribution in [-0.4, -0.2) is 41.6 Å². The van der Waals surface area contributed by atoms with E-state index in [0.29, 0.717) is 30.9 Å². The predicted octanol–water partition coefficient (Wildman–Crippen LogP) is 4.51. The fourth-order valence-corrected chi connectivity index (χ4v) is 3.71. The van der Waals surface area contributed by atoms with E-state index in [1.165, 1.54) is 4.90 Å². The highest BCUT2D eigenvalue weighted by Crippen LogP contribution is 2.32. The summed E-state index contributed by atoms with van der Waals surface area (Å²) in [6.07, 6.45) is 0.869. The molecule has 4 rings (SSSR count). The molecular weight excluding hydrogens is 541 g/mol. The molecule has 0 saturated heterocycles. The summed E-state index contributed by atoms with van der Waals surface area (Å²) in [5, 5.41) is 10.5. The fraction of sp³-hybridized carbons (Fsp3) is 0.318. The summed E-state index contributed by atoms with van der Waals surface area (Å²) in [7, 11) is 0. The molecular formula is C22H26IN5O3S. The Morgan fingerprint density at radius 3 is 2.69 bits per heavy atom. The van der Waals surface area contributed by atoms with Crippen molar-refractivity contribution in [1.29, 1.82) is 0 Å². The molecule has 1 aliphatic heterocycles. The average Bonchev–Trinajstić information content (AvgIpc) is 3.07. The number of halogens is 1. The van der Waals surface area contributed by atoms with Gasteiger partial charge in [-0.3, -0.25) is 0 Å². The van der Waals surface area contributed by atoms with Crippen molar-refractivity contribution in [2.24, 2.45) is 4.99 Å². The molecule has 0 spiro atoms. The number of nitrogens with zero attached hydrogens (tertiary/aromatic N) is 3. The van der Waals surface area contributed by atoms with Gasteiger partial charge < -0.3 is 24.6 Å². The van der Waals surface area contributed by atoms with Crippen LogP contribution in [0.5, 0.6) is 11.5 Å². The van der Waals surface area contributed by atoms with Gasteiger partial charge in [0.25, 0.3) is 0 Å². The Balaban J connectivity index is 0.00000289. The van der Waals surface area contributed by atoms with Crippen LogP contribution >= 0.6 is 35.7 Å². The van der Waals surface area contributed by atoms with Gasteiger partial charge in [0.15, 0.2) is 23.3 Å².